The first kappa shape index (κ1) is 11.8. The lowest BCUT2D eigenvalue weighted by molar-refractivity contribution is 0.397. The SMILES string of the molecule is COc1ncnc(Sc2nc3ccccc3[nH]2)c1N. The van der Waals surface area contributed by atoms with E-state index in [9.17, 15) is 0 Å². The first-order valence-electron chi connectivity index (χ1n) is 5.55. The number of hydrogen-bond acceptors (Lipinski definition) is 6. The van der Waals surface area contributed by atoms with E-state index in [0.29, 0.717) is 16.6 Å². The summed E-state index contributed by atoms with van der Waals surface area (Å²) >= 11 is 1.35. The lowest BCUT2D eigenvalue weighted by Gasteiger charge is -2.05. The molecule has 0 bridgehead atoms. The van der Waals surface area contributed by atoms with Crippen LogP contribution >= 0.6 is 11.8 Å². The fourth-order valence-corrected chi connectivity index (χ4v) is 2.46. The number of H-pyrrole nitrogens is 1. The molecule has 0 aliphatic carbocycles. The van der Waals surface area contributed by atoms with E-state index >= 15 is 0 Å². The largest absolute Gasteiger partial charge is 0.479 e. The van der Waals surface area contributed by atoms with Crippen LogP contribution < -0.4 is 10.5 Å². The van der Waals surface area contributed by atoms with Crippen molar-refractivity contribution < 1.29 is 4.74 Å². The number of imidazole rings is 1. The lowest BCUT2D eigenvalue weighted by atomic mass is 10.3. The molecule has 7 heteroatoms. The molecule has 0 atom stereocenters. The van der Waals surface area contributed by atoms with Crippen molar-refractivity contribution in [3.05, 3.63) is 30.6 Å². The van der Waals surface area contributed by atoms with Crippen LogP contribution in [0.1, 0.15) is 0 Å². The van der Waals surface area contributed by atoms with E-state index in [0.717, 1.165) is 16.2 Å². The molecule has 1 aromatic carbocycles. The van der Waals surface area contributed by atoms with Gasteiger partial charge < -0.3 is 15.5 Å². The molecule has 0 fully saturated rings. The Hall–Kier alpha value is -2.28. The second-order valence-electron chi connectivity index (χ2n) is 3.76. The van der Waals surface area contributed by atoms with Gasteiger partial charge in [0.15, 0.2) is 5.16 Å². The maximum absolute atomic E-state index is 5.92. The molecule has 0 radical (unpaired) electrons. The highest BCUT2D eigenvalue weighted by molar-refractivity contribution is 7.99. The Kier molecular flexibility index (Phi) is 2.96. The van der Waals surface area contributed by atoms with Crippen LogP contribution in [0, 0.1) is 0 Å². The monoisotopic (exact) mass is 273 g/mol. The van der Waals surface area contributed by atoms with Crippen LogP contribution in [0.5, 0.6) is 5.88 Å². The Labute approximate surface area is 113 Å². The van der Waals surface area contributed by atoms with E-state index in [1.165, 1.54) is 25.2 Å². The fourth-order valence-electron chi connectivity index (χ4n) is 1.68. The predicted molar refractivity (Wildman–Crippen MR) is 73.2 cm³/mol. The maximum Gasteiger partial charge on any atom is 0.241 e. The van der Waals surface area contributed by atoms with Crippen LogP contribution in [0.3, 0.4) is 0 Å². The van der Waals surface area contributed by atoms with Crippen molar-refractivity contribution in [2.45, 2.75) is 10.2 Å². The summed E-state index contributed by atoms with van der Waals surface area (Å²) in [6.07, 6.45) is 1.42. The summed E-state index contributed by atoms with van der Waals surface area (Å²) in [4.78, 5) is 15.7. The lowest BCUT2D eigenvalue weighted by Crippen LogP contribution is -1.99. The zero-order valence-corrected chi connectivity index (χ0v) is 10.9. The summed E-state index contributed by atoms with van der Waals surface area (Å²) in [7, 11) is 1.52. The van der Waals surface area contributed by atoms with Crippen molar-refractivity contribution >= 4 is 28.5 Å². The number of methoxy groups -OCH3 is 1. The number of nitrogens with zero attached hydrogens (tertiary/aromatic N) is 3. The summed E-state index contributed by atoms with van der Waals surface area (Å²) in [5, 5.41) is 1.35. The molecule has 0 aliphatic rings. The predicted octanol–water partition coefficient (Wildman–Crippen LogP) is 2.09. The van der Waals surface area contributed by atoms with Gasteiger partial charge in [-0.1, -0.05) is 12.1 Å². The summed E-state index contributed by atoms with van der Waals surface area (Å²) < 4.78 is 5.06. The molecule has 3 rings (SSSR count). The van der Waals surface area contributed by atoms with Crippen molar-refractivity contribution in [3.8, 4) is 5.88 Å². The van der Waals surface area contributed by atoms with E-state index in [4.69, 9.17) is 10.5 Å². The second kappa shape index (κ2) is 4.77. The van der Waals surface area contributed by atoms with Gasteiger partial charge in [0, 0.05) is 0 Å². The zero-order chi connectivity index (χ0) is 13.2. The highest BCUT2D eigenvalue weighted by atomic mass is 32.2. The van der Waals surface area contributed by atoms with Crippen molar-refractivity contribution in [2.75, 3.05) is 12.8 Å². The zero-order valence-electron chi connectivity index (χ0n) is 10.1. The standard InChI is InChI=1S/C12H11N5OS/c1-18-10-9(13)11(15-6-14-10)19-12-16-7-4-2-3-5-8(7)17-12/h2-6H,13H2,1H3,(H,16,17). The summed E-state index contributed by atoms with van der Waals surface area (Å²) in [5.74, 6) is 0.369. The van der Waals surface area contributed by atoms with E-state index in [-0.39, 0.29) is 0 Å². The number of ether oxygens (including phenoxy) is 1. The molecule has 3 aromatic rings. The number of para-hydroxylation sites is 2. The molecular formula is C12H11N5OS. The summed E-state index contributed by atoms with van der Waals surface area (Å²) in [6.45, 7) is 0. The Morgan fingerprint density at radius 2 is 2.11 bits per heavy atom. The topological polar surface area (TPSA) is 89.7 Å². The van der Waals surface area contributed by atoms with Gasteiger partial charge in [-0.3, -0.25) is 0 Å². The normalized spacial score (nSPS) is 10.8. The third-order valence-corrected chi connectivity index (χ3v) is 3.47. The molecule has 19 heavy (non-hydrogen) atoms. The molecule has 6 nitrogen and oxygen atoms in total. The third-order valence-electron chi connectivity index (χ3n) is 2.57. The number of benzene rings is 1. The van der Waals surface area contributed by atoms with E-state index in [2.05, 4.69) is 19.9 Å². The van der Waals surface area contributed by atoms with Crippen molar-refractivity contribution in [1.82, 2.24) is 19.9 Å². The van der Waals surface area contributed by atoms with Crippen molar-refractivity contribution in [1.29, 1.82) is 0 Å². The highest BCUT2D eigenvalue weighted by Crippen LogP contribution is 2.33. The number of aromatic amines is 1. The third kappa shape index (κ3) is 2.19. The molecule has 0 spiro atoms. The van der Waals surface area contributed by atoms with Crippen molar-refractivity contribution in [2.24, 2.45) is 0 Å². The fraction of sp³-hybridized carbons (Fsp3) is 0.0833. The summed E-state index contributed by atoms with van der Waals surface area (Å²) in [6, 6.07) is 7.81. The van der Waals surface area contributed by atoms with Gasteiger partial charge in [0.1, 0.15) is 17.0 Å². The number of rotatable bonds is 3. The minimum absolute atomic E-state index is 0.369. The van der Waals surface area contributed by atoms with Gasteiger partial charge in [0.05, 0.1) is 18.1 Å². The molecular weight excluding hydrogens is 262 g/mol. The van der Waals surface area contributed by atoms with Crippen LogP contribution in [0.25, 0.3) is 11.0 Å². The molecule has 96 valence electrons. The van der Waals surface area contributed by atoms with E-state index in [1.807, 2.05) is 24.3 Å². The summed E-state index contributed by atoms with van der Waals surface area (Å²) in [5.41, 5.74) is 8.22. The van der Waals surface area contributed by atoms with Gasteiger partial charge in [-0.15, -0.1) is 0 Å². The maximum atomic E-state index is 5.92. The molecule has 0 saturated carbocycles. The number of nitrogens with one attached hydrogen (secondary N) is 1. The quantitative estimate of drug-likeness (QED) is 0.710. The van der Waals surface area contributed by atoms with E-state index in [1.54, 1.807) is 0 Å². The Bertz CT molecular complexity index is 694. The number of anilines is 1. The minimum atomic E-state index is 0.369. The first-order valence-corrected chi connectivity index (χ1v) is 6.36. The number of nitrogen functional groups attached to an aromatic ring is 1. The van der Waals surface area contributed by atoms with E-state index < -0.39 is 0 Å². The number of fused-ring (bicyclic) bond motifs is 1. The average Bonchev–Trinajstić information content (AvgIpc) is 2.83. The Morgan fingerprint density at radius 3 is 2.89 bits per heavy atom. The van der Waals surface area contributed by atoms with Crippen molar-refractivity contribution in [3.63, 3.8) is 0 Å². The van der Waals surface area contributed by atoms with Gasteiger partial charge in [-0.05, 0) is 23.9 Å². The smallest absolute Gasteiger partial charge is 0.241 e. The Balaban J connectivity index is 1.96. The van der Waals surface area contributed by atoms with Gasteiger partial charge in [-0.25, -0.2) is 9.97 Å². The van der Waals surface area contributed by atoms with Crippen LogP contribution in [0.15, 0.2) is 40.8 Å². The minimum Gasteiger partial charge on any atom is -0.479 e. The van der Waals surface area contributed by atoms with Gasteiger partial charge in [0.2, 0.25) is 5.88 Å². The van der Waals surface area contributed by atoms with Crippen LogP contribution in [-0.2, 0) is 0 Å². The van der Waals surface area contributed by atoms with Crippen LogP contribution in [0.4, 0.5) is 5.69 Å². The van der Waals surface area contributed by atoms with Crippen LogP contribution in [-0.4, -0.2) is 27.0 Å². The van der Waals surface area contributed by atoms with Gasteiger partial charge >= 0.3 is 0 Å². The van der Waals surface area contributed by atoms with Crippen LogP contribution in [0.2, 0.25) is 0 Å². The number of aromatic nitrogens is 4. The van der Waals surface area contributed by atoms with Gasteiger partial charge in [0.25, 0.3) is 0 Å². The molecule has 0 saturated heterocycles. The average molecular weight is 273 g/mol. The molecule has 3 N–H and O–H groups in total. The number of nitrogens with two attached hydrogens (primary N) is 1. The first-order chi connectivity index (χ1) is 9.28. The molecule has 2 heterocycles. The van der Waals surface area contributed by atoms with Gasteiger partial charge in [-0.2, -0.15) is 4.98 Å². The Morgan fingerprint density at radius 1 is 1.26 bits per heavy atom. The number of hydrogen-bond donors (Lipinski definition) is 2. The molecule has 2 aromatic heterocycles. The second-order valence-corrected chi connectivity index (χ2v) is 4.74. The molecule has 0 amide bonds. The molecule has 0 aliphatic heterocycles. The highest BCUT2D eigenvalue weighted by Gasteiger charge is 2.12. The molecule has 0 unspecified atom stereocenters.